The molecule has 9 heteroatoms. The first-order valence-electron chi connectivity index (χ1n) is 12.0. The molecule has 0 amide bonds. The van der Waals surface area contributed by atoms with Gasteiger partial charge in [-0.3, -0.25) is 4.90 Å². The van der Waals surface area contributed by atoms with Gasteiger partial charge in [-0.15, -0.1) is 0 Å². The van der Waals surface area contributed by atoms with Crippen LogP contribution in [-0.4, -0.2) is 60.0 Å². The van der Waals surface area contributed by atoms with Crippen LogP contribution in [0.4, 0.5) is 26.3 Å². The van der Waals surface area contributed by atoms with E-state index >= 15 is 0 Å². The fourth-order valence-electron chi connectivity index (χ4n) is 5.14. The third kappa shape index (κ3) is 5.67. The van der Waals surface area contributed by atoms with Gasteiger partial charge in [0, 0.05) is 44.8 Å². The summed E-state index contributed by atoms with van der Waals surface area (Å²) in [6.07, 6.45) is -6.38. The lowest BCUT2D eigenvalue weighted by atomic mass is 9.90. The Morgan fingerprint density at radius 2 is 1.14 bits per heavy atom. The van der Waals surface area contributed by atoms with Crippen molar-refractivity contribution >= 4 is 0 Å². The molecular formula is C26H30F6N2O. The highest BCUT2D eigenvalue weighted by atomic mass is 19.4. The molecule has 2 aromatic carbocycles. The molecule has 1 aliphatic heterocycles. The van der Waals surface area contributed by atoms with Crippen molar-refractivity contribution in [2.75, 3.05) is 32.7 Å². The van der Waals surface area contributed by atoms with Crippen molar-refractivity contribution in [3.63, 3.8) is 0 Å². The molecule has 0 unspecified atom stereocenters. The van der Waals surface area contributed by atoms with Crippen LogP contribution in [-0.2, 0) is 12.1 Å². The van der Waals surface area contributed by atoms with Crippen molar-refractivity contribution in [1.82, 2.24) is 9.80 Å². The van der Waals surface area contributed by atoms with E-state index in [4.69, 9.17) is 0 Å². The van der Waals surface area contributed by atoms with Gasteiger partial charge in [0.15, 0.2) is 0 Å². The molecular weight excluding hydrogens is 470 g/mol. The Hall–Kier alpha value is -2.10. The Balaban J connectivity index is 1.36. The van der Waals surface area contributed by atoms with Gasteiger partial charge in [-0.1, -0.05) is 61.4 Å². The number of benzene rings is 2. The minimum absolute atomic E-state index is 0.465. The lowest BCUT2D eigenvalue weighted by molar-refractivity contribution is -0.376. The summed E-state index contributed by atoms with van der Waals surface area (Å²) in [5, 5.41) is 9.54. The molecule has 1 saturated carbocycles. The van der Waals surface area contributed by atoms with Gasteiger partial charge in [-0.05, 0) is 35.4 Å². The molecule has 1 saturated heterocycles. The Morgan fingerprint density at radius 3 is 1.63 bits per heavy atom. The predicted molar refractivity (Wildman–Crippen MR) is 122 cm³/mol. The van der Waals surface area contributed by atoms with Gasteiger partial charge >= 0.3 is 12.4 Å². The number of piperazine rings is 1. The average Bonchev–Trinajstić information content (AvgIpc) is 3.32. The molecule has 1 aliphatic carbocycles. The second-order valence-electron chi connectivity index (χ2n) is 9.71. The Kier molecular flexibility index (Phi) is 7.50. The highest BCUT2D eigenvalue weighted by molar-refractivity contribution is 5.64. The zero-order chi connectivity index (χ0) is 25.3. The smallest absolute Gasteiger partial charge is 0.369 e. The molecule has 1 heterocycles. The molecule has 2 aliphatic rings. The van der Waals surface area contributed by atoms with Crippen LogP contribution in [0.15, 0.2) is 48.5 Å². The Labute approximate surface area is 201 Å². The number of aliphatic hydroxyl groups is 1. The van der Waals surface area contributed by atoms with E-state index in [0.717, 1.165) is 56.3 Å². The second kappa shape index (κ2) is 10.1. The van der Waals surface area contributed by atoms with Gasteiger partial charge in [-0.2, -0.15) is 26.3 Å². The summed E-state index contributed by atoms with van der Waals surface area (Å²) in [5.74, 6) is 0.846. The summed E-state index contributed by atoms with van der Waals surface area (Å²) in [4.78, 5) is 4.95. The van der Waals surface area contributed by atoms with E-state index in [1.807, 2.05) is 12.1 Å². The van der Waals surface area contributed by atoms with E-state index in [9.17, 15) is 31.4 Å². The van der Waals surface area contributed by atoms with Crippen LogP contribution >= 0.6 is 0 Å². The van der Waals surface area contributed by atoms with E-state index in [0.29, 0.717) is 23.3 Å². The second-order valence-corrected chi connectivity index (χ2v) is 9.71. The summed E-state index contributed by atoms with van der Waals surface area (Å²) in [6.45, 7) is 6.10. The number of nitrogens with zero attached hydrogens (tertiary/aromatic N) is 2. The van der Waals surface area contributed by atoms with Gasteiger partial charge in [-0.25, -0.2) is 0 Å². The molecule has 3 nitrogen and oxygen atoms in total. The van der Waals surface area contributed by atoms with Crippen LogP contribution < -0.4 is 0 Å². The lowest BCUT2D eigenvalue weighted by Gasteiger charge is -2.36. The van der Waals surface area contributed by atoms with Crippen LogP contribution in [0.5, 0.6) is 0 Å². The first-order chi connectivity index (χ1) is 16.5. The number of rotatable bonds is 6. The van der Waals surface area contributed by atoms with Gasteiger partial charge < -0.3 is 10.0 Å². The van der Waals surface area contributed by atoms with Gasteiger partial charge in [0.25, 0.3) is 5.60 Å². The molecule has 0 bridgehead atoms. The third-order valence-corrected chi connectivity index (χ3v) is 7.27. The molecule has 2 fully saturated rings. The highest BCUT2D eigenvalue weighted by Crippen LogP contribution is 2.50. The lowest BCUT2D eigenvalue weighted by Crippen LogP contribution is -2.53. The largest absolute Gasteiger partial charge is 0.430 e. The van der Waals surface area contributed by atoms with Gasteiger partial charge in [0.1, 0.15) is 0 Å². The Bertz CT molecular complexity index is 943. The Morgan fingerprint density at radius 1 is 0.686 bits per heavy atom. The monoisotopic (exact) mass is 500 g/mol. The maximum absolute atomic E-state index is 13.1. The normalized spacial score (nSPS) is 19.4. The number of halogens is 6. The minimum Gasteiger partial charge on any atom is -0.369 e. The quantitative estimate of drug-likeness (QED) is 0.495. The molecule has 35 heavy (non-hydrogen) atoms. The summed E-state index contributed by atoms with van der Waals surface area (Å²) in [7, 11) is 0. The van der Waals surface area contributed by atoms with Crippen molar-refractivity contribution < 1.29 is 31.4 Å². The predicted octanol–water partition coefficient (Wildman–Crippen LogP) is 5.97. The maximum Gasteiger partial charge on any atom is 0.430 e. The standard InChI is InChI=1S/C26H30F6N2O/c27-25(28,29)24(35,26(30,31)32)23-11-9-22(10-12-23)21-7-5-20(6-8-21)18-34-15-13-33(14-16-34)17-19-3-1-2-4-19/h5-12,19,35H,1-4,13-18H2. The molecule has 0 spiro atoms. The molecule has 2 aromatic rings. The van der Waals surface area contributed by atoms with Gasteiger partial charge in [0.05, 0.1) is 0 Å². The number of hydrogen-bond acceptors (Lipinski definition) is 3. The zero-order valence-electron chi connectivity index (χ0n) is 19.4. The van der Waals surface area contributed by atoms with E-state index in [2.05, 4.69) is 9.80 Å². The number of alkyl halides is 6. The SMILES string of the molecule is OC(c1ccc(-c2ccc(CN3CCN(CC4CCCC4)CC3)cc2)cc1)(C(F)(F)F)C(F)(F)F. The topological polar surface area (TPSA) is 26.7 Å². The van der Waals surface area contributed by atoms with E-state index in [-0.39, 0.29) is 0 Å². The third-order valence-electron chi connectivity index (χ3n) is 7.27. The first kappa shape index (κ1) is 26.0. The van der Waals surface area contributed by atoms with E-state index in [1.165, 1.54) is 32.2 Å². The van der Waals surface area contributed by atoms with Crippen LogP contribution in [0.3, 0.4) is 0 Å². The average molecular weight is 501 g/mol. The van der Waals surface area contributed by atoms with Crippen molar-refractivity contribution in [2.45, 2.75) is 50.2 Å². The minimum atomic E-state index is -5.89. The molecule has 0 aromatic heterocycles. The summed E-state index contributed by atoms with van der Waals surface area (Å²) in [6, 6.07) is 11.1. The van der Waals surface area contributed by atoms with Gasteiger partial charge in [0.2, 0.25) is 0 Å². The highest BCUT2D eigenvalue weighted by Gasteiger charge is 2.71. The van der Waals surface area contributed by atoms with Crippen LogP contribution in [0.1, 0.15) is 36.8 Å². The molecule has 0 radical (unpaired) electrons. The zero-order valence-corrected chi connectivity index (χ0v) is 19.4. The van der Waals surface area contributed by atoms with Crippen LogP contribution in [0.25, 0.3) is 11.1 Å². The molecule has 0 atom stereocenters. The summed E-state index contributed by atoms with van der Waals surface area (Å²) >= 11 is 0. The van der Waals surface area contributed by atoms with Crippen LogP contribution in [0.2, 0.25) is 0 Å². The summed E-state index contributed by atoms with van der Waals surface area (Å²) in [5.41, 5.74) is -3.94. The maximum atomic E-state index is 13.1. The van der Waals surface area contributed by atoms with E-state index in [1.54, 1.807) is 12.1 Å². The molecule has 1 N–H and O–H groups in total. The fourth-order valence-corrected chi connectivity index (χ4v) is 5.14. The first-order valence-corrected chi connectivity index (χ1v) is 12.0. The van der Waals surface area contributed by atoms with Crippen molar-refractivity contribution in [3.05, 3.63) is 59.7 Å². The molecule has 192 valence electrons. The molecule has 4 rings (SSSR count). The number of hydrogen-bond donors (Lipinski definition) is 1. The fraction of sp³-hybridized carbons (Fsp3) is 0.538. The van der Waals surface area contributed by atoms with Crippen molar-refractivity contribution in [1.29, 1.82) is 0 Å². The van der Waals surface area contributed by atoms with Crippen molar-refractivity contribution in [2.24, 2.45) is 5.92 Å². The van der Waals surface area contributed by atoms with E-state index < -0.39 is 23.5 Å². The summed E-state index contributed by atoms with van der Waals surface area (Å²) < 4.78 is 78.5. The van der Waals surface area contributed by atoms with Crippen molar-refractivity contribution in [3.8, 4) is 11.1 Å². The van der Waals surface area contributed by atoms with Crippen LogP contribution in [0, 0.1) is 5.92 Å².